The third-order valence-corrected chi connectivity index (χ3v) is 5.54. The molecule has 2 aromatic carbocycles. The fraction of sp³-hybridized carbons (Fsp3) is 0.391. The largest absolute Gasteiger partial charge is 0.507 e. The Bertz CT molecular complexity index is 1000. The van der Waals surface area contributed by atoms with Crippen LogP contribution < -0.4 is 0 Å². The van der Waals surface area contributed by atoms with Crippen molar-refractivity contribution in [3.63, 3.8) is 0 Å². The van der Waals surface area contributed by atoms with Gasteiger partial charge in [-0.1, -0.05) is 0 Å². The number of aryl methyl sites for hydroxylation is 2. The highest BCUT2D eigenvalue weighted by atomic mass is 19.4. The molecule has 1 aliphatic rings. The second-order valence-corrected chi connectivity index (χ2v) is 8.13. The lowest BCUT2D eigenvalue weighted by Crippen LogP contribution is -2.07. The molecule has 3 rings (SSSR count). The first kappa shape index (κ1) is 24.6. The first-order valence-corrected chi connectivity index (χ1v) is 10.1. The minimum atomic E-state index is -4.55. The molecule has 1 aliphatic carbocycles. The van der Waals surface area contributed by atoms with E-state index in [1.54, 1.807) is 0 Å². The van der Waals surface area contributed by atoms with Gasteiger partial charge in [-0.25, -0.2) is 0 Å². The number of rotatable bonds is 4. The molecule has 0 radical (unpaired) electrons. The van der Waals surface area contributed by atoms with E-state index in [9.17, 15) is 36.6 Å². The minimum Gasteiger partial charge on any atom is -0.507 e. The van der Waals surface area contributed by atoms with Gasteiger partial charge in [0.25, 0.3) is 0 Å². The number of hydrogen-bond acceptors (Lipinski definition) is 4. The second-order valence-electron chi connectivity index (χ2n) is 8.13. The van der Waals surface area contributed by atoms with Crippen LogP contribution in [0.25, 0.3) is 0 Å². The lowest BCUT2D eigenvalue weighted by molar-refractivity contribution is -0.138. The van der Waals surface area contributed by atoms with Crippen molar-refractivity contribution in [3.8, 4) is 11.5 Å². The molecule has 4 nitrogen and oxygen atoms in total. The van der Waals surface area contributed by atoms with Gasteiger partial charge >= 0.3 is 12.4 Å². The fourth-order valence-electron chi connectivity index (χ4n) is 3.71. The van der Waals surface area contributed by atoms with E-state index in [-0.39, 0.29) is 45.8 Å². The Morgan fingerprint density at radius 3 is 1.42 bits per heavy atom. The summed E-state index contributed by atoms with van der Waals surface area (Å²) in [5.74, 6) is -0.565. The Morgan fingerprint density at radius 2 is 1.09 bits per heavy atom. The van der Waals surface area contributed by atoms with Crippen LogP contribution in [0, 0.1) is 13.8 Å². The van der Waals surface area contributed by atoms with Gasteiger partial charge in [-0.05, 0) is 68.5 Å². The molecule has 0 spiro atoms. The highest BCUT2D eigenvalue weighted by Crippen LogP contribution is 2.35. The average molecular weight is 472 g/mol. The first-order valence-electron chi connectivity index (χ1n) is 10.1. The molecule has 2 atom stereocenters. The normalized spacial score (nSPS) is 19.8. The molecule has 0 aromatic heterocycles. The van der Waals surface area contributed by atoms with Gasteiger partial charge in [0.15, 0.2) is 0 Å². The van der Waals surface area contributed by atoms with Crippen LogP contribution in [0.15, 0.2) is 34.3 Å². The second kappa shape index (κ2) is 9.07. The van der Waals surface area contributed by atoms with Crippen molar-refractivity contribution in [1.82, 2.24) is 0 Å². The van der Waals surface area contributed by atoms with E-state index >= 15 is 0 Å². The van der Waals surface area contributed by atoms with Crippen LogP contribution in [-0.2, 0) is 12.4 Å². The zero-order valence-corrected chi connectivity index (χ0v) is 17.8. The molecule has 0 aliphatic heterocycles. The maximum absolute atomic E-state index is 13.0. The summed E-state index contributed by atoms with van der Waals surface area (Å²) in [6, 6.07) is 2.84. The van der Waals surface area contributed by atoms with E-state index in [4.69, 9.17) is 0 Å². The first-order chi connectivity index (χ1) is 15.3. The molecule has 1 fully saturated rings. The van der Waals surface area contributed by atoms with Crippen molar-refractivity contribution >= 4 is 12.4 Å². The molecule has 33 heavy (non-hydrogen) atoms. The molecule has 1 saturated carbocycles. The topological polar surface area (TPSA) is 65.2 Å². The van der Waals surface area contributed by atoms with Gasteiger partial charge in [0.05, 0.1) is 23.2 Å². The number of alkyl halides is 6. The van der Waals surface area contributed by atoms with E-state index in [2.05, 4.69) is 9.98 Å². The van der Waals surface area contributed by atoms with Crippen molar-refractivity contribution in [2.75, 3.05) is 0 Å². The number of hydrogen-bond donors (Lipinski definition) is 2. The number of nitrogens with zero attached hydrogens (tertiary/aromatic N) is 2. The van der Waals surface area contributed by atoms with Gasteiger partial charge < -0.3 is 10.2 Å². The summed E-state index contributed by atoms with van der Waals surface area (Å²) in [5, 5.41) is 20.1. The summed E-state index contributed by atoms with van der Waals surface area (Å²) in [5.41, 5.74) is -1.70. The van der Waals surface area contributed by atoms with Crippen molar-refractivity contribution in [1.29, 1.82) is 0 Å². The third-order valence-electron chi connectivity index (χ3n) is 5.54. The zero-order chi connectivity index (χ0) is 24.6. The van der Waals surface area contributed by atoms with Crippen LogP contribution >= 0.6 is 0 Å². The molecule has 178 valence electrons. The zero-order valence-electron chi connectivity index (χ0n) is 17.8. The van der Waals surface area contributed by atoms with Crippen LogP contribution in [0.5, 0.6) is 11.5 Å². The van der Waals surface area contributed by atoms with Crippen molar-refractivity contribution in [2.45, 2.75) is 57.5 Å². The molecule has 0 heterocycles. The van der Waals surface area contributed by atoms with Crippen LogP contribution in [0.2, 0.25) is 0 Å². The number of halogens is 6. The standard InChI is InChI=1S/C23H22F6N2O2/c1-12-5-16(22(24,25)26)7-14(20(12)32)10-30-18-3-4-19(9-18)31-11-15-8-17(23(27,28)29)6-13(2)21(15)33/h5-8,10-11,18-19,32-33H,3-4,9H2,1-2H3. The summed E-state index contributed by atoms with van der Waals surface area (Å²) >= 11 is 0. The van der Waals surface area contributed by atoms with Crippen LogP contribution in [0.3, 0.4) is 0 Å². The van der Waals surface area contributed by atoms with Gasteiger partial charge in [0.2, 0.25) is 0 Å². The molecule has 0 saturated heterocycles. The monoisotopic (exact) mass is 472 g/mol. The molecular weight excluding hydrogens is 450 g/mol. The smallest absolute Gasteiger partial charge is 0.416 e. The van der Waals surface area contributed by atoms with Crippen LogP contribution in [0.1, 0.15) is 52.6 Å². The summed E-state index contributed by atoms with van der Waals surface area (Å²) in [6.45, 7) is 2.74. The van der Waals surface area contributed by atoms with Crippen LogP contribution in [-0.4, -0.2) is 34.7 Å². The number of aromatic hydroxyl groups is 2. The van der Waals surface area contributed by atoms with Gasteiger partial charge in [-0.2, -0.15) is 26.3 Å². The SMILES string of the molecule is Cc1cc(C(F)(F)F)cc(C=NC2CCC(N=Cc3cc(C(F)(F)F)cc(C)c3O)C2)c1O. The van der Waals surface area contributed by atoms with Gasteiger partial charge in [-0.15, -0.1) is 0 Å². The molecule has 2 unspecified atom stereocenters. The summed E-state index contributed by atoms with van der Waals surface area (Å²) in [4.78, 5) is 8.55. The summed E-state index contributed by atoms with van der Waals surface area (Å²) in [7, 11) is 0. The fourth-order valence-corrected chi connectivity index (χ4v) is 3.71. The highest BCUT2D eigenvalue weighted by molar-refractivity contribution is 5.85. The van der Waals surface area contributed by atoms with E-state index in [1.165, 1.54) is 26.3 Å². The molecule has 0 amide bonds. The lowest BCUT2D eigenvalue weighted by Gasteiger charge is -2.11. The maximum atomic E-state index is 13.0. The predicted molar refractivity (Wildman–Crippen MR) is 112 cm³/mol. The lowest BCUT2D eigenvalue weighted by atomic mass is 10.0. The minimum absolute atomic E-state index is 0.0429. The van der Waals surface area contributed by atoms with E-state index in [1.807, 2.05) is 0 Å². The van der Waals surface area contributed by atoms with Crippen molar-refractivity contribution < 1.29 is 36.6 Å². The predicted octanol–water partition coefficient (Wildman–Crippen LogP) is 6.21. The number of phenols is 2. The quantitative estimate of drug-likeness (QED) is 0.410. The third kappa shape index (κ3) is 5.85. The van der Waals surface area contributed by atoms with Crippen LogP contribution in [0.4, 0.5) is 26.3 Å². The molecular formula is C23H22F6N2O2. The summed E-state index contributed by atoms with van der Waals surface area (Å²) in [6.07, 6.45) is -5.12. The van der Waals surface area contributed by atoms with Crippen molar-refractivity contribution in [2.24, 2.45) is 9.98 Å². The Hall–Kier alpha value is -3.04. The molecule has 2 N–H and O–H groups in total. The summed E-state index contributed by atoms with van der Waals surface area (Å²) < 4.78 is 78.1. The maximum Gasteiger partial charge on any atom is 0.416 e. The van der Waals surface area contributed by atoms with Gasteiger partial charge in [-0.3, -0.25) is 9.98 Å². The average Bonchev–Trinajstić information content (AvgIpc) is 3.16. The Kier molecular flexibility index (Phi) is 6.76. The molecule has 10 heteroatoms. The number of aliphatic imine (C=N–C) groups is 2. The molecule has 0 bridgehead atoms. The van der Waals surface area contributed by atoms with Gasteiger partial charge in [0, 0.05) is 23.6 Å². The number of benzene rings is 2. The Morgan fingerprint density at radius 1 is 0.727 bits per heavy atom. The molecule has 2 aromatic rings. The van der Waals surface area contributed by atoms with E-state index in [0.29, 0.717) is 19.3 Å². The Labute approximate surface area is 186 Å². The van der Waals surface area contributed by atoms with E-state index < -0.39 is 23.5 Å². The van der Waals surface area contributed by atoms with E-state index in [0.717, 1.165) is 24.3 Å². The van der Waals surface area contributed by atoms with Crippen molar-refractivity contribution in [3.05, 3.63) is 57.6 Å². The van der Waals surface area contributed by atoms with Gasteiger partial charge in [0.1, 0.15) is 11.5 Å². The number of phenolic OH excluding ortho intramolecular Hbond substituents is 2. The highest BCUT2D eigenvalue weighted by Gasteiger charge is 2.33. The Balaban J connectivity index is 1.72.